The lowest BCUT2D eigenvalue weighted by atomic mass is 10.1. The normalized spacial score (nSPS) is 11.5. The molecule has 0 saturated carbocycles. The molecule has 0 amide bonds. The lowest BCUT2D eigenvalue weighted by molar-refractivity contribution is -0.138. The SMILES string of the molecule is CCOC(=O)C(C#N)=Cc1ccc(N(CC)CCCCCCCN(CC(C)C)c2ccc(C=C(C#N)C(=O)OCC)cc2)cc1. The number of ether oxygens (including phenoxy) is 2. The van der Waals surface area contributed by atoms with Crippen molar-refractivity contribution in [2.75, 3.05) is 49.2 Å². The summed E-state index contributed by atoms with van der Waals surface area (Å²) in [5.41, 5.74) is 3.85. The molecular weight excluding hydrogens is 564 g/mol. The average molecular weight is 613 g/mol. The second-order valence-electron chi connectivity index (χ2n) is 11.2. The number of benzene rings is 2. The summed E-state index contributed by atoms with van der Waals surface area (Å²) in [5, 5.41) is 18.6. The van der Waals surface area contributed by atoms with Gasteiger partial charge in [-0.25, -0.2) is 9.59 Å². The third-order valence-corrected chi connectivity index (χ3v) is 7.19. The first-order valence-corrected chi connectivity index (χ1v) is 16.0. The van der Waals surface area contributed by atoms with E-state index in [1.54, 1.807) is 26.0 Å². The molecule has 2 aromatic carbocycles. The molecule has 2 aromatic rings. The summed E-state index contributed by atoms with van der Waals surface area (Å²) >= 11 is 0. The zero-order valence-corrected chi connectivity index (χ0v) is 27.6. The van der Waals surface area contributed by atoms with E-state index in [9.17, 15) is 20.1 Å². The van der Waals surface area contributed by atoms with Crippen molar-refractivity contribution in [1.82, 2.24) is 0 Å². The Kier molecular flexibility index (Phi) is 16.6. The van der Waals surface area contributed by atoms with Gasteiger partial charge in [0.05, 0.1) is 13.2 Å². The highest BCUT2D eigenvalue weighted by Crippen LogP contribution is 2.21. The Balaban J connectivity index is 1.84. The zero-order valence-electron chi connectivity index (χ0n) is 27.6. The van der Waals surface area contributed by atoms with Crippen LogP contribution in [0.15, 0.2) is 59.7 Å². The maximum Gasteiger partial charge on any atom is 0.348 e. The molecule has 0 N–H and O–H groups in total. The minimum Gasteiger partial charge on any atom is -0.462 e. The maximum absolute atomic E-state index is 11.9. The molecular formula is C37H48N4O4. The summed E-state index contributed by atoms with van der Waals surface area (Å²) < 4.78 is 9.90. The molecule has 2 rings (SSSR count). The second kappa shape index (κ2) is 20.4. The van der Waals surface area contributed by atoms with Gasteiger partial charge in [0.15, 0.2) is 0 Å². The van der Waals surface area contributed by atoms with Gasteiger partial charge in [0.2, 0.25) is 0 Å². The first-order valence-electron chi connectivity index (χ1n) is 16.0. The van der Waals surface area contributed by atoms with Crippen LogP contribution in [0, 0.1) is 28.6 Å². The molecule has 0 aliphatic heterocycles. The molecule has 0 bridgehead atoms. The summed E-state index contributed by atoms with van der Waals surface area (Å²) in [6.45, 7) is 14.3. The van der Waals surface area contributed by atoms with Crippen LogP contribution in [0.3, 0.4) is 0 Å². The molecule has 240 valence electrons. The maximum atomic E-state index is 11.9. The topological polar surface area (TPSA) is 107 Å². The molecule has 0 atom stereocenters. The molecule has 0 fully saturated rings. The lowest BCUT2D eigenvalue weighted by Gasteiger charge is -2.27. The summed E-state index contributed by atoms with van der Waals surface area (Å²) in [5.74, 6) is -0.673. The van der Waals surface area contributed by atoms with Crippen molar-refractivity contribution in [3.8, 4) is 12.1 Å². The van der Waals surface area contributed by atoms with Crippen molar-refractivity contribution in [3.05, 3.63) is 70.8 Å². The van der Waals surface area contributed by atoms with Crippen LogP contribution in [0.4, 0.5) is 11.4 Å². The molecule has 0 aliphatic rings. The zero-order chi connectivity index (χ0) is 33.0. The van der Waals surface area contributed by atoms with E-state index in [2.05, 4.69) is 42.7 Å². The highest BCUT2D eigenvalue weighted by molar-refractivity contribution is 5.98. The fourth-order valence-corrected chi connectivity index (χ4v) is 4.96. The van der Waals surface area contributed by atoms with Crippen LogP contribution in [0.2, 0.25) is 0 Å². The van der Waals surface area contributed by atoms with E-state index in [0.29, 0.717) is 5.92 Å². The van der Waals surface area contributed by atoms with Gasteiger partial charge in [-0.15, -0.1) is 0 Å². The highest BCUT2D eigenvalue weighted by atomic mass is 16.5. The van der Waals surface area contributed by atoms with Crippen molar-refractivity contribution in [3.63, 3.8) is 0 Å². The van der Waals surface area contributed by atoms with Crippen molar-refractivity contribution in [2.45, 2.75) is 66.7 Å². The number of anilines is 2. The summed E-state index contributed by atoms with van der Waals surface area (Å²) in [6, 6.07) is 19.8. The Morgan fingerprint density at radius 2 is 1.09 bits per heavy atom. The molecule has 8 nitrogen and oxygen atoms in total. The van der Waals surface area contributed by atoms with Crippen molar-refractivity contribution >= 4 is 35.5 Å². The Morgan fingerprint density at radius 3 is 1.47 bits per heavy atom. The predicted octanol–water partition coefficient (Wildman–Crippen LogP) is 7.57. The first-order chi connectivity index (χ1) is 21.8. The van der Waals surface area contributed by atoms with Gasteiger partial charge in [0, 0.05) is 37.6 Å². The van der Waals surface area contributed by atoms with Crippen molar-refractivity contribution < 1.29 is 19.1 Å². The smallest absolute Gasteiger partial charge is 0.348 e. The van der Waals surface area contributed by atoms with Gasteiger partial charge in [-0.05, 0) is 87.1 Å². The third-order valence-electron chi connectivity index (χ3n) is 7.19. The van der Waals surface area contributed by atoms with Crippen LogP contribution in [0.1, 0.15) is 77.8 Å². The predicted molar refractivity (Wildman–Crippen MR) is 181 cm³/mol. The second-order valence-corrected chi connectivity index (χ2v) is 11.2. The number of hydrogen-bond acceptors (Lipinski definition) is 8. The quantitative estimate of drug-likeness (QED) is 0.0692. The molecule has 0 aromatic heterocycles. The van der Waals surface area contributed by atoms with E-state index in [-0.39, 0.29) is 24.4 Å². The fourth-order valence-electron chi connectivity index (χ4n) is 4.96. The number of nitriles is 2. The molecule has 0 saturated heterocycles. The molecule has 8 heteroatoms. The van der Waals surface area contributed by atoms with Gasteiger partial charge < -0.3 is 19.3 Å². The van der Waals surface area contributed by atoms with Gasteiger partial charge in [-0.2, -0.15) is 10.5 Å². The number of hydrogen-bond donors (Lipinski definition) is 0. The van der Waals surface area contributed by atoms with E-state index in [0.717, 1.165) is 74.4 Å². The number of rotatable bonds is 19. The van der Waals surface area contributed by atoms with Gasteiger partial charge in [0.1, 0.15) is 23.3 Å². The van der Waals surface area contributed by atoms with Crippen molar-refractivity contribution in [1.29, 1.82) is 10.5 Å². The van der Waals surface area contributed by atoms with Crippen LogP contribution in [-0.4, -0.2) is 51.3 Å². The Hall–Kier alpha value is -4.56. The van der Waals surface area contributed by atoms with E-state index in [1.807, 2.05) is 48.5 Å². The summed E-state index contributed by atoms with van der Waals surface area (Å²) in [6.07, 6.45) is 8.85. The number of esters is 2. The Morgan fingerprint density at radius 1 is 0.689 bits per heavy atom. The first kappa shape index (κ1) is 36.6. The van der Waals surface area contributed by atoms with E-state index < -0.39 is 11.9 Å². The molecule has 0 spiro atoms. The van der Waals surface area contributed by atoms with Crippen LogP contribution >= 0.6 is 0 Å². The molecule has 0 unspecified atom stereocenters. The third kappa shape index (κ3) is 12.9. The number of carbonyl (C=O) groups is 2. The minimum atomic E-state index is -0.599. The van der Waals surface area contributed by atoms with Gasteiger partial charge in [-0.3, -0.25) is 0 Å². The number of nitrogens with zero attached hydrogens (tertiary/aromatic N) is 4. The molecule has 45 heavy (non-hydrogen) atoms. The monoisotopic (exact) mass is 612 g/mol. The van der Waals surface area contributed by atoms with Crippen LogP contribution in [0.25, 0.3) is 12.2 Å². The Labute approximate surface area is 269 Å². The fraction of sp³-hybridized carbons (Fsp3) is 0.459. The van der Waals surface area contributed by atoms with Gasteiger partial charge in [-0.1, -0.05) is 57.4 Å². The number of unbranched alkanes of at least 4 members (excludes halogenated alkanes) is 4. The number of carbonyl (C=O) groups excluding carboxylic acids is 2. The average Bonchev–Trinajstić information content (AvgIpc) is 3.04. The minimum absolute atomic E-state index is 0.000964. The van der Waals surface area contributed by atoms with Crippen LogP contribution < -0.4 is 9.80 Å². The highest BCUT2D eigenvalue weighted by Gasteiger charge is 2.12. The lowest BCUT2D eigenvalue weighted by Crippen LogP contribution is -2.28. The van der Waals surface area contributed by atoms with Crippen LogP contribution in [-0.2, 0) is 19.1 Å². The summed E-state index contributed by atoms with van der Waals surface area (Å²) in [4.78, 5) is 28.6. The molecule has 0 heterocycles. The van der Waals surface area contributed by atoms with Gasteiger partial charge >= 0.3 is 11.9 Å². The summed E-state index contributed by atoms with van der Waals surface area (Å²) in [7, 11) is 0. The molecule has 0 radical (unpaired) electrons. The van der Waals surface area contributed by atoms with Crippen molar-refractivity contribution in [2.24, 2.45) is 5.92 Å². The largest absolute Gasteiger partial charge is 0.462 e. The molecule has 0 aliphatic carbocycles. The Bertz CT molecular complexity index is 1350. The van der Waals surface area contributed by atoms with E-state index in [4.69, 9.17) is 9.47 Å². The van der Waals surface area contributed by atoms with Crippen LogP contribution in [0.5, 0.6) is 0 Å². The van der Waals surface area contributed by atoms with E-state index in [1.165, 1.54) is 6.42 Å². The van der Waals surface area contributed by atoms with E-state index >= 15 is 0 Å². The van der Waals surface area contributed by atoms with Gasteiger partial charge in [0.25, 0.3) is 0 Å². The standard InChI is InChI=1S/C37H48N4O4/c1-6-40(34-18-14-30(15-19-34)24-32(26-38)36(42)44-7-2)22-12-10-9-11-13-23-41(28-29(4)5)35-20-16-31(17-21-35)25-33(27-39)37(43)45-8-3/h14-21,24-25,29H,6-13,22-23,28H2,1-5H3.